The van der Waals surface area contributed by atoms with Gasteiger partial charge in [-0.1, -0.05) is 12.1 Å². The topological polar surface area (TPSA) is 68.3 Å². The van der Waals surface area contributed by atoms with Gasteiger partial charge >= 0.3 is 0 Å². The van der Waals surface area contributed by atoms with Crippen LogP contribution in [0.5, 0.6) is 17.2 Å². The van der Waals surface area contributed by atoms with E-state index in [9.17, 15) is 8.42 Å². The summed E-state index contributed by atoms with van der Waals surface area (Å²) < 4.78 is 44.5. The van der Waals surface area contributed by atoms with Crippen LogP contribution in [0.3, 0.4) is 0 Å². The molecule has 0 atom stereocenters. The second kappa shape index (κ2) is 9.24. The van der Waals surface area contributed by atoms with Crippen LogP contribution >= 0.6 is 0 Å². The Hall–Kier alpha value is -2.29. The van der Waals surface area contributed by atoms with Gasteiger partial charge < -0.3 is 14.2 Å². The van der Waals surface area contributed by atoms with Crippen LogP contribution in [-0.2, 0) is 16.6 Å². The second-order valence-electron chi connectivity index (χ2n) is 7.42. The van der Waals surface area contributed by atoms with Gasteiger partial charge in [0.05, 0.1) is 24.7 Å². The predicted molar refractivity (Wildman–Crippen MR) is 114 cm³/mol. The molecule has 2 aliphatic rings. The Morgan fingerprint density at radius 3 is 2.33 bits per heavy atom. The quantitative estimate of drug-likeness (QED) is 0.699. The Morgan fingerprint density at radius 2 is 1.63 bits per heavy atom. The minimum Gasteiger partial charge on any atom is -0.494 e. The van der Waals surface area contributed by atoms with Gasteiger partial charge in [0.25, 0.3) is 0 Å². The summed E-state index contributed by atoms with van der Waals surface area (Å²) in [6, 6.07) is 13.0. The van der Waals surface area contributed by atoms with E-state index in [1.165, 1.54) is 5.56 Å². The van der Waals surface area contributed by atoms with Gasteiger partial charge in [0.2, 0.25) is 10.0 Å². The summed E-state index contributed by atoms with van der Waals surface area (Å²) in [6.07, 6.45) is 0.785. The molecule has 8 heteroatoms. The molecule has 0 aromatic heterocycles. The molecule has 0 unspecified atom stereocenters. The lowest BCUT2D eigenvalue weighted by atomic mass is 10.2. The summed E-state index contributed by atoms with van der Waals surface area (Å²) in [5.74, 6) is 1.97. The highest BCUT2D eigenvalue weighted by molar-refractivity contribution is 7.89. The number of hydrogen-bond acceptors (Lipinski definition) is 6. The number of rotatable bonds is 6. The fraction of sp³-hybridized carbons (Fsp3) is 0.455. The van der Waals surface area contributed by atoms with Crippen molar-refractivity contribution in [3.63, 3.8) is 0 Å². The molecular formula is C22H28N2O5S. The summed E-state index contributed by atoms with van der Waals surface area (Å²) in [7, 11) is -3.56. The Balaban J connectivity index is 1.37. The zero-order valence-corrected chi connectivity index (χ0v) is 18.1. The predicted octanol–water partition coefficient (Wildman–Crippen LogP) is 2.75. The van der Waals surface area contributed by atoms with Crippen LogP contribution in [0.2, 0.25) is 0 Å². The van der Waals surface area contributed by atoms with Gasteiger partial charge in [0.15, 0.2) is 11.5 Å². The van der Waals surface area contributed by atoms with Gasteiger partial charge in [-0.25, -0.2) is 8.42 Å². The minimum absolute atomic E-state index is 0.256. The summed E-state index contributed by atoms with van der Waals surface area (Å²) >= 11 is 0. The molecule has 2 heterocycles. The maximum Gasteiger partial charge on any atom is 0.243 e. The molecule has 2 aromatic carbocycles. The lowest BCUT2D eigenvalue weighted by molar-refractivity contribution is 0.181. The van der Waals surface area contributed by atoms with E-state index in [0.717, 1.165) is 18.7 Å². The summed E-state index contributed by atoms with van der Waals surface area (Å²) in [6.45, 7) is 6.84. The first-order valence-corrected chi connectivity index (χ1v) is 11.8. The molecule has 0 aliphatic carbocycles. The van der Waals surface area contributed by atoms with Crippen molar-refractivity contribution >= 4 is 10.0 Å². The Bertz CT molecular complexity index is 954. The van der Waals surface area contributed by atoms with Crippen molar-refractivity contribution in [2.24, 2.45) is 0 Å². The van der Waals surface area contributed by atoms with Gasteiger partial charge in [0, 0.05) is 45.2 Å². The second-order valence-corrected chi connectivity index (χ2v) is 9.35. The van der Waals surface area contributed by atoms with E-state index in [1.807, 2.05) is 19.1 Å². The summed E-state index contributed by atoms with van der Waals surface area (Å²) in [5, 5.41) is 0. The molecule has 2 aliphatic heterocycles. The third-order valence-corrected chi connectivity index (χ3v) is 7.22. The van der Waals surface area contributed by atoms with E-state index in [0.29, 0.717) is 57.5 Å². The molecule has 30 heavy (non-hydrogen) atoms. The average Bonchev–Trinajstić information content (AvgIpc) is 3.01. The van der Waals surface area contributed by atoms with Crippen LogP contribution in [0, 0.1) is 0 Å². The van der Waals surface area contributed by atoms with Crippen LogP contribution < -0.4 is 14.2 Å². The largest absolute Gasteiger partial charge is 0.494 e. The highest BCUT2D eigenvalue weighted by Gasteiger charge is 2.29. The lowest BCUT2D eigenvalue weighted by Gasteiger charge is -2.34. The fourth-order valence-electron chi connectivity index (χ4n) is 3.70. The maximum absolute atomic E-state index is 13.1. The maximum atomic E-state index is 13.1. The van der Waals surface area contributed by atoms with E-state index in [4.69, 9.17) is 14.2 Å². The first-order valence-electron chi connectivity index (χ1n) is 10.4. The van der Waals surface area contributed by atoms with Crippen LogP contribution in [0.4, 0.5) is 0 Å². The number of hydrogen-bond donors (Lipinski definition) is 0. The van der Waals surface area contributed by atoms with Crippen molar-refractivity contribution in [2.75, 3.05) is 46.0 Å². The van der Waals surface area contributed by atoms with E-state index in [1.54, 1.807) is 22.5 Å². The van der Waals surface area contributed by atoms with E-state index < -0.39 is 10.0 Å². The van der Waals surface area contributed by atoms with Gasteiger partial charge in [-0.15, -0.1) is 0 Å². The highest BCUT2D eigenvalue weighted by Crippen LogP contribution is 2.33. The molecule has 162 valence electrons. The number of benzene rings is 2. The molecule has 0 N–H and O–H groups in total. The van der Waals surface area contributed by atoms with Gasteiger partial charge in [-0.05, 0) is 36.8 Å². The van der Waals surface area contributed by atoms with Crippen molar-refractivity contribution in [1.82, 2.24) is 9.21 Å². The van der Waals surface area contributed by atoms with E-state index in [2.05, 4.69) is 17.0 Å². The standard InChI is InChI=1S/C22H28N2O5S/c1-2-27-19-6-4-18(5-7-19)17-23-10-12-24(13-11-23)30(25,26)20-8-9-21-22(16-20)29-15-3-14-28-21/h4-9,16H,2-3,10-15,17H2,1H3. The Labute approximate surface area is 178 Å². The molecule has 0 radical (unpaired) electrons. The van der Waals surface area contributed by atoms with E-state index >= 15 is 0 Å². The van der Waals surface area contributed by atoms with Crippen LogP contribution in [0.1, 0.15) is 18.9 Å². The van der Waals surface area contributed by atoms with Crippen molar-refractivity contribution in [3.8, 4) is 17.2 Å². The van der Waals surface area contributed by atoms with Gasteiger partial charge in [-0.2, -0.15) is 4.31 Å². The van der Waals surface area contributed by atoms with Crippen LogP contribution in [-0.4, -0.2) is 63.6 Å². The first kappa shape index (κ1) is 21.0. The molecule has 0 saturated carbocycles. The average molecular weight is 433 g/mol. The third-order valence-electron chi connectivity index (χ3n) is 5.33. The number of fused-ring (bicyclic) bond motifs is 1. The summed E-state index contributed by atoms with van der Waals surface area (Å²) in [4.78, 5) is 2.53. The zero-order chi connectivity index (χ0) is 21.0. The molecule has 1 fully saturated rings. The minimum atomic E-state index is -3.56. The van der Waals surface area contributed by atoms with Crippen molar-refractivity contribution in [1.29, 1.82) is 0 Å². The van der Waals surface area contributed by atoms with Crippen LogP contribution in [0.25, 0.3) is 0 Å². The van der Waals surface area contributed by atoms with Crippen LogP contribution in [0.15, 0.2) is 47.4 Å². The summed E-state index contributed by atoms with van der Waals surface area (Å²) in [5.41, 5.74) is 1.19. The molecule has 4 rings (SSSR count). The molecule has 2 aromatic rings. The molecule has 7 nitrogen and oxygen atoms in total. The molecule has 0 spiro atoms. The number of nitrogens with zero attached hydrogens (tertiary/aromatic N) is 2. The molecule has 1 saturated heterocycles. The number of piperazine rings is 1. The fourth-order valence-corrected chi connectivity index (χ4v) is 5.14. The highest BCUT2D eigenvalue weighted by atomic mass is 32.2. The normalized spacial score (nSPS) is 18.0. The van der Waals surface area contributed by atoms with E-state index in [-0.39, 0.29) is 4.90 Å². The number of sulfonamides is 1. The zero-order valence-electron chi connectivity index (χ0n) is 17.2. The monoisotopic (exact) mass is 432 g/mol. The SMILES string of the molecule is CCOc1ccc(CN2CCN(S(=O)(=O)c3ccc4c(c3)OCCCO4)CC2)cc1. The smallest absolute Gasteiger partial charge is 0.243 e. The molecule has 0 bridgehead atoms. The number of ether oxygens (including phenoxy) is 3. The van der Waals surface area contributed by atoms with Gasteiger partial charge in [-0.3, -0.25) is 4.90 Å². The Morgan fingerprint density at radius 1 is 0.933 bits per heavy atom. The van der Waals surface area contributed by atoms with Crippen molar-refractivity contribution in [3.05, 3.63) is 48.0 Å². The molecular weight excluding hydrogens is 404 g/mol. The van der Waals surface area contributed by atoms with Gasteiger partial charge in [0.1, 0.15) is 5.75 Å². The molecule has 0 amide bonds. The lowest BCUT2D eigenvalue weighted by Crippen LogP contribution is -2.48. The third kappa shape index (κ3) is 4.71. The van der Waals surface area contributed by atoms with Crippen molar-refractivity contribution in [2.45, 2.75) is 24.8 Å². The Kier molecular flexibility index (Phi) is 6.46. The van der Waals surface area contributed by atoms with Crippen molar-refractivity contribution < 1.29 is 22.6 Å². The first-order chi connectivity index (χ1) is 14.6.